The van der Waals surface area contributed by atoms with Gasteiger partial charge in [-0.15, -0.1) is 0 Å². The van der Waals surface area contributed by atoms with Crippen molar-refractivity contribution >= 4 is 28.6 Å². The second-order valence-electron chi connectivity index (χ2n) is 2.99. The summed E-state index contributed by atoms with van der Waals surface area (Å²) in [5.41, 5.74) is 1.39. The summed E-state index contributed by atoms with van der Waals surface area (Å²) >= 11 is 7.18. The first kappa shape index (κ1) is 11.7. The quantitative estimate of drug-likeness (QED) is 0.554. The summed E-state index contributed by atoms with van der Waals surface area (Å²) in [5, 5.41) is -0.440. The predicted octanol–water partition coefficient (Wildman–Crippen LogP) is 3.69. The zero-order valence-electron chi connectivity index (χ0n) is 8.09. The minimum Gasteiger partial charge on any atom is -0.471 e. The van der Waals surface area contributed by atoms with Gasteiger partial charge in [-0.05, 0) is 23.8 Å². The van der Waals surface area contributed by atoms with E-state index in [1.54, 1.807) is 18.0 Å². The first-order valence-electron chi connectivity index (χ1n) is 4.58. The van der Waals surface area contributed by atoms with Crippen LogP contribution < -0.4 is 0 Å². The van der Waals surface area contributed by atoms with Gasteiger partial charge in [0.15, 0.2) is 0 Å². The number of hydrogen-bond acceptors (Lipinski definition) is 3. The monoisotopic (exact) mass is 232 g/mol. The number of thioether (sulfide) groups is 1. The SMILES string of the molecule is CCCCSCc1cocc1C(=O)Cl. The van der Waals surface area contributed by atoms with Crippen LogP contribution >= 0.6 is 23.4 Å². The highest BCUT2D eigenvalue weighted by molar-refractivity contribution is 7.98. The van der Waals surface area contributed by atoms with Gasteiger partial charge in [0.05, 0.1) is 11.8 Å². The normalized spacial score (nSPS) is 10.4. The topological polar surface area (TPSA) is 30.2 Å². The van der Waals surface area contributed by atoms with E-state index in [1.807, 2.05) is 0 Å². The Balaban J connectivity index is 2.42. The maximum Gasteiger partial charge on any atom is 0.255 e. The number of unbranched alkanes of at least 4 members (excludes halogenated alkanes) is 1. The Morgan fingerprint density at radius 2 is 2.36 bits per heavy atom. The van der Waals surface area contributed by atoms with Gasteiger partial charge in [0, 0.05) is 11.3 Å². The van der Waals surface area contributed by atoms with Crippen LogP contribution in [-0.4, -0.2) is 11.0 Å². The lowest BCUT2D eigenvalue weighted by molar-refractivity contribution is 0.108. The Kier molecular flexibility index (Phi) is 5.12. The van der Waals surface area contributed by atoms with Crippen LogP contribution in [0.2, 0.25) is 0 Å². The maximum absolute atomic E-state index is 10.9. The third-order valence-corrected chi connectivity index (χ3v) is 3.15. The van der Waals surface area contributed by atoms with Gasteiger partial charge in [-0.1, -0.05) is 13.3 Å². The molecular weight excluding hydrogens is 220 g/mol. The number of hydrogen-bond donors (Lipinski definition) is 0. The fourth-order valence-electron chi connectivity index (χ4n) is 1.04. The van der Waals surface area contributed by atoms with Crippen LogP contribution in [0, 0.1) is 0 Å². The largest absolute Gasteiger partial charge is 0.471 e. The molecule has 0 aliphatic carbocycles. The van der Waals surface area contributed by atoms with Gasteiger partial charge >= 0.3 is 0 Å². The molecule has 2 nitrogen and oxygen atoms in total. The molecule has 14 heavy (non-hydrogen) atoms. The standard InChI is InChI=1S/C10H13ClO2S/c1-2-3-4-14-7-8-5-13-6-9(8)10(11)12/h5-6H,2-4,7H2,1H3. The zero-order valence-corrected chi connectivity index (χ0v) is 9.66. The van der Waals surface area contributed by atoms with Gasteiger partial charge < -0.3 is 4.42 Å². The third kappa shape index (κ3) is 3.39. The maximum atomic E-state index is 10.9. The molecule has 0 saturated heterocycles. The number of carbonyl (C=O) groups excluding carboxylic acids is 1. The molecule has 0 aliphatic rings. The second-order valence-corrected chi connectivity index (χ2v) is 4.44. The van der Waals surface area contributed by atoms with E-state index in [2.05, 4.69) is 6.92 Å². The molecule has 0 saturated carbocycles. The third-order valence-electron chi connectivity index (χ3n) is 1.85. The highest BCUT2D eigenvalue weighted by atomic mass is 35.5. The Hall–Kier alpha value is -0.410. The van der Waals surface area contributed by atoms with Crippen molar-refractivity contribution in [2.24, 2.45) is 0 Å². The summed E-state index contributed by atoms with van der Waals surface area (Å²) in [6.45, 7) is 2.16. The Bertz CT molecular complexity index is 296. The second kappa shape index (κ2) is 6.14. The number of carbonyl (C=O) groups is 1. The van der Waals surface area contributed by atoms with Gasteiger partial charge in [-0.2, -0.15) is 11.8 Å². The van der Waals surface area contributed by atoms with Crippen molar-refractivity contribution in [3.05, 3.63) is 23.7 Å². The molecule has 0 amide bonds. The van der Waals surface area contributed by atoms with Crippen molar-refractivity contribution in [2.75, 3.05) is 5.75 Å². The van der Waals surface area contributed by atoms with Crippen molar-refractivity contribution in [3.8, 4) is 0 Å². The van der Waals surface area contributed by atoms with Crippen LogP contribution in [0.4, 0.5) is 0 Å². The highest BCUT2D eigenvalue weighted by Gasteiger charge is 2.10. The van der Waals surface area contributed by atoms with E-state index in [1.165, 1.54) is 19.1 Å². The van der Waals surface area contributed by atoms with E-state index in [0.717, 1.165) is 17.1 Å². The summed E-state index contributed by atoms with van der Waals surface area (Å²) < 4.78 is 4.95. The van der Waals surface area contributed by atoms with Crippen LogP contribution in [0.3, 0.4) is 0 Å². The molecule has 1 heterocycles. The van der Waals surface area contributed by atoms with Crippen molar-refractivity contribution in [3.63, 3.8) is 0 Å². The summed E-state index contributed by atoms with van der Waals surface area (Å²) in [4.78, 5) is 10.9. The smallest absolute Gasteiger partial charge is 0.255 e. The van der Waals surface area contributed by atoms with E-state index < -0.39 is 5.24 Å². The molecule has 4 heteroatoms. The van der Waals surface area contributed by atoms with Crippen molar-refractivity contribution in [1.29, 1.82) is 0 Å². The van der Waals surface area contributed by atoms with E-state index in [0.29, 0.717) is 5.56 Å². The molecule has 78 valence electrons. The van der Waals surface area contributed by atoms with Gasteiger partial charge in [0.1, 0.15) is 6.26 Å². The molecule has 0 aromatic carbocycles. The van der Waals surface area contributed by atoms with Crippen LogP contribution in [0.5, 0.6) is 0 Å². The molecule has 1 aromatic rings. The van der Waals surface area contributed by atoms with Gasteiger partial charge in [-0.3, -0.25) is 4.79 Å². The number of halogens is 1. The lowest BCUT2D eigenvalue weighted by atomic mass is 10.2. The van der Waals surface area contributed by atoms with Gasteiger partial charge in [-0.25, -0.2) is 0 Å². The first-order valence-corrected chi connectivity index (χ1v) is 6.11. The fourth-order valence-corrected chi connectivity index (χ4v) is 2.28. The van der Waals surface area contributed by atoms with E-state index in [9.17, 15) is 4.79 Å². The van der Waals surface area contributed by atoms with Gasteiger partial charge in [0.2, 0.25) is 0 Å². The molecular formula is C10H13ClO2S. The highest BCUT2D eigenvalue weighted by Crippen LogP contribution is 2.20. The van der Waals surface area contributed by atoms with E-state index in [-0.39, 0.29) is 0 Å². The Morgan fingerprint density at radius 1 is 1.57 bits per heavy atom. The summed E-state index contributed by atoms with van der Waals surface area (Å²) in [7, 11) is 0. The Labute approximate surface area is 93.0 Å². The number of furan rings is 1. The lowest BCUT2D eigenvalue weighted by Gasteiger charge is -1.98. The number of rotatable bonds is 6. The average Bonchev–Trinajstić information content (AvgIpc) is 2.60. The molecule has 0 spiro atoms. The van der Waals surface area contributed by atoms with Gasteiger partial charge in [0.25, 0.3) is 5.24 Å². The van der Waals surface area contributed by atoms with Crippen LogP contribution in [0.15, 0.2) is 16.9 Å². The molecule has 1 rings (SSSR count). The van der Waals surface area contributed by atoms with Crippen molar-refractivity contribution < 1.29 is 9.21 Å². The summed E-state index contributed by atoms with van der Waals surface area (Å²) in [6.07, 6.45) is 5.39. The minimum atomic E-state index is -0.440. The molecule has 1 aromatic heterocycles. The van der Waals surface area contributed by atoms with Crippen molar-refractivity contribution in [2.45, 2.75) is 25.5 Å². The zero-order chi connectivity index (χ0) is 10.4. The van der Waals surface area contributed by atoms with Crippen LogP contribution in [0.1, 0.15) is 35.7 Å². The molecule has 0 bridgehead atoms. The fraction of sp³-hybridized carbons (Fsp3) is 0.500. The molecule has 0 unspecified atom stereocenters. The molecule has 0 atom stereocenters. The molecule has 0 radical (unpaired) electrons. The summed E-state index contributed by atoms with van der Waals surface area (Å²) in [6, 6.07) is 0. The summed E-state index contributed by atoms with van der Waals surface area (Å²) in [5.74, 6) is 1.90. The predicted molar refractivity (Wildman–Crippen MR) is 60.0 cm³/mol. The first-order chi connectivity index (χ1) is 6.75. The minimum absolute atomic E-state index is 0.440. The lowest BCUT2D eigenvalue weighted by Crippen LogP contribution is -1.91. The Morgan fingerprint density at radius 3 is 3.00 bits per heavy atom. The van der Waals surface area contributed by atoms with Crippen LogP contribution in [-0.2, 0) is 5.75 Å². The molecule has 0 fully saturated rings. The van der Waals surface area contributed by atoms with Crippen molar-refractivity contribution in [1.82, 2.24) is 0 Å². The molecule has 0 N–H and O–H groups in total. The van der Waals surface area contributed by atoms with E-state index in [4.69, 9.17) is 16.0 Å². The average molecular weight is 233 g/mol. The van der Waals surface area contributed by atoms with E-state index >= 15 is 0 Å². The molecule has 0 aliphatic heterocycles. The van der Waals surface area contributed by atoms with Crippen LogP contribution in [0.25, 0.3) is 0 Å².